The Balaban J connectivity index is 4.17. The van der Waals surface area contributed by atoms with Gasteiger partial charge in [0.15, 0.2) is 11.9 Å². The summed E-state index contributed by atoms with van der Waals surface area (Å²) in [7, 11) is 0. The van der Waals surface area contributed by atoms with Crippen LogP contribution in [0.4, 0.5) is 0 Å². The summed E-state index contributed by atoms with van der Waals surface area (Å²) >= 11 is 0. The molecule has 0 amide bonds. The quantitative estimate of drug-likeness (QED) is 0.567. The van der Waals surface area contributed by atoms with Gasteiger partial charge in [0.05, 0.1) is 19.4 Å². The van der Waals surface area contributed by atoms with Crippen LogP contribution in [-0.4, -0.2) is 36.2 Å². The summed E-state index contributed by atoms with van der Waals surface area (Å²) < 4.78 is 9.73. The Hall–Kier alpha value is -1.72. The van der Waals surface area contributed by atoms with Gasteiger partial charge in [-0.3, -0.25) is 14.4 Å². The van der Waals surface area contributed by atoms with Crippen molar-refractivity contribution in [3.63, 3.8) is 0 Å². The summed E-state index contributed by atoms with van der Waals surface area (Å²) in [6.07, 6.45) is -0.480. The Morgan fingerprint density at radius 2 is 1.50 bits per heavy atom. The molecular formula is C14H22O6. The van der Waals surface area contributed by atoms with Crippen LogP contribution in [0.3, 0.4) is 0 Å². The van der Waals surface area contributed by atoms with E-state index in [1.165, 1.54) is 6.92 Å². The topological polar surface area (TPSA) is 86.7 Å². The van der Waals surface area contributed by atoms with E-state index in [4.69, 9.17) is 9.47 Å². The molecule has 0 spiro atoms. The molecule has 0 fully saturated rings. The monoisotopic (exact) mass is 286 g/mol. The van der Waals surface area contributed by atoms with E-state index in [0.29, 0.717) is 6.42 Å². The second-order valence-corrected chi connectivity index (χ2v) is 4.36. The maximum Gasteiger partial charge on any atom is 0.306 e. The highest BCUT2D eigenvalue weighted by atomic mass is 16.5. The van der Waals surface area contributed by atoms with Crippen molar-refractivity contribution in [1.82, 2.24) is 0 Å². The molecule has 0 bridgehead atoms. The van der Waals surface area contributed by atoms with Crippen molar-refractivity contribution in [2.45, 2.75) is 59.0 Å². The van der Waals surface area contributed by atoms with Crippen LogP contribution in [0, 0.1) is 0 Å². The molecule has 0 aliphatic carbocycles. The highest BCUT2D eigenvalue weighted by Crippen LogP contribution is 2.08. The molecule has 0 aromatic rings. The van der Waals surface area contributed by atoms with Gasteiger partial charge in [0.25, 0.3) is 0 Å². The van der Waals surface area contributed by atoms with Crippen molar-refractivity contribution < 1.29 is 28.7 Å². The second kappa shape index (κ2) is 10.1. The van der Waals surface area contributed by atoms with Gasteiger partial charge < -0.3 is 14.3 Å². The zero-order chi connectivity index (χ0) is 15.5. The van der Waals surface area contributed by atoms with Crippen LogP contribution in [0.15, 0.2) is 0 Å². The van der Waals surface area contributed by atoms with Gasteiger partial charge in [0, 0.05) is 12.8 Å². The van der Waals surface area contributed by atoms with Crippen molar-refractivity contribution in [2.24, 2.45) is 0 Å². The molecule has 6 nitrogen and oxygen atoms in total. The number of carbonyl (C=O) groups excluding carboxylic acids is 4. The first-order valence-corrected chi connectivity index (χ1v) is 6.77. The van der Waals surface area contributed by atoms with Crippen molar-refractivity contribution in [1.29, 1.82) is 0 Å². The Morgan fingerprint density at radius 1 is 0.900 bits per heavy atom. The molecule has 6 heteroatoms. The molecular weight excluding hydrogens is 264 g/mol. The van der Waals surface area contributed by atoms with Gasteiger partial charge in [0.1, 0.15) is 5.78 Å². The van der Waals surface area contributed by atoms with E-state index in [9.17, 15) is 19.2 Å². The van der Waals surface area contributed by atoms with Gasteiger partial charge in [-0.05, 0) is 20.3 Å². The maximum absolute atomic E-state index is 11.8. The van der Waals surface area contributed by atoms with Gasteiger partial charge in [-0.25, -0.2) is 0 Å². The first-order valence-electron chi connectivity index (χ1n) is 6.77. The van der Waals surface area contributed by atoms with Gasteiger partial charge in [-0.1, -0.05) is 6.92 Å². The smallest absolute Gasteiger partial charge is 0.306 e. The van der Waals surface area contributed by atoms with Gasteiger partial charge in [-0.2, -0.15) is 0 Å². The number of hydrogen-bond donors (Lipinski definition) is 0. The first-order chi connectivity index (χ1) is 9.40. The van der Waals surface area contributed by atoms with Crippen molar-refractivity contribution >= 4 is 23.5 Å². The Labute approximate surface area is 118 Å². The normalized spacial score (nSPS) is 11.6. The summed E-state index contributed by atoms with van der Waals surface area (Å²) in [6.45, 7) is 5.05. The summed E-state index contributed by atoms with van der Waals surface area (Å²) in [4.78, 5) is 45.1. The van der Waals surface area contributed by atoms with Crippen LogP contribution in [-0.2, 0) is 28.7 Å². The van der Waals surface area contributed by atoms with Gasteiger partial charge >= 0.3 is 11.9 Å². The molecule has 1 atom stereocenters. The van der Waals surface area contributed by atoms with Crippen LogP contribution in [0.25, 0.3) is 0 Å². The van der Waals surface area contributed by atoms with Crippen LogP contribution in [0.2, 0.25) is 0 Å². The lowest BCUT2D eigenvalue weighted by Gasteiger charge is -2.14. The fourth-order valence-corrected chi connectivity index (χ4v) is 1.49. The third-order valence-electron chi connectivity index (χ3n) is 2.57. The molecule has 0 saturated heterocycles. The van der Waals surface area contributed by atoms with E-state index in [-0.39, 0.29) is 43.9 Å². The van der Waals surface area contributed by atoms with E-state index in [2.05, 4.69) is 0 Å². The van der Waals surface area contributed by atoms with Gasteiger partial charge in [-0.15, -0.1) is 0 Å². The van der Waals surface area contributed by atoms with Crippen LogP contribution in [0.5, 0.6) is 0 Å². The minimum atomic E-state index is -0.858. The SMILES string of the molecule is CCOC(=O)CCC(=O)C(CC)OC(=O)CCC(C)=O. The van der Waals surface area contributed by atoms with E-state index < -0.39 is 18.0 Å². The summed E-state index contributed by atoms with van der Waals surface area (Å²) in [5.41, 5.74) is 0. The van der Waals surface area contributed by atoms with E-state index in [0.717, 1.165) is 0 Å². The molecule has 0 aliphatic rings. The largest absolute Gasteiger partial charge is 0.466 e. The lowest BCUT2D eigenvalue weighted by Crippen LogP contribution is -2.27. The van der Waals surface area contributed by atoms with Crippen LogP contribution >= 0.6 is 0 Å². The molecule has 20 heavy (non-hydrogen) atoms. The average molecular weight is 286 g/mol. The van der Waals surface area contributed by atoms with Gasteiger partial charge in [0.2, 0.25) is 0 Å². The molecule has 0 N–H and O–H groups in total. The highest BCUT2D eigenvalue weighted by Gasteiger charge is 2.21. The van der Waals surface area contributed by atoms with Crippen molar-refractivity contribution in [2.75, 3.05) is 6.61 Å². The number of Topliss-reactive ketones (excluding diaryl/α,β-unsaturated/α-hetero) is 2. The molecule has 1 unspecified atom stereocenters. The number of ether oxygens (including phenoxy) is 2. The third-order valence-corrected chi connectivity index (χ3v) is 2.57. The van der Waals surface area contributed by atoms with E-state index in [1.807, 2.05) is 0 Å². The van der Waals surface area contributed by atoms with Crippen molar-refractivity contribution in [3.8, 4) is 0 Å². The lowest BCUT2D eigenvalue weighted by molar-refractivity contribution is -0.156. The average Bonchev–Trinajstić information content (AvgIpc) is 2.40. The number of ketones is 2. The Bertz CT molecular complexity index is 361. The lowest BCUT2D eigenvalue weighted by atomic mass is 10.1. The van der Waals surface area contributed by atoms with Crippen LogP contribution in [0.1, 0.15) is 52.9 Å². The fourth-order valence-electron chi connectivity index (χ4n) is 1.49. The zero-order valence-corrected chi connectivity index (χ0v) is 12.3. The standard InChI is InChI=1S/C14H22O6/c1-4-12(20-14(18)8-6-10(3)15)11(16)7-9-13(17)19-5-2/h12H,4-9H2,1-3H3. The Kier molecular flexibility index (Phi) is 9.24. The van der Waals surface area contributed by atoms with E-state index in [1.54, 1.807) is 13.8 Å². The maximum atomic E-state index is 11.8. The number of esters is 2. The van der Waals surface area contributed by atoms with E-state index >= 15 is 0 Å². The molecule has 0 aromatic heterocycles. The first kappa shape index (κ1) is 18.3. The molecule has 0 aliphatic heterocycles. The summed E-state index contributed by atoms with van der Waals surface area (Å²) in [5.74, 6) is -1.43. The Morgan fingerprint density at radius 3 is 2.00 bits per heavy atom. The molecule has 0 rings (SSSR count). The zero-order valence-electron chi connectivity index (χ0n) is 12.3. The summed E-state index contributed by atoms with van der Waals surface area (Å²) in [5, 5.41) is 0. The molecule has 0 saturated carbocycles. The minimum Gasteiger partial charge on any atom is -0.466 e. The third kappa shape index (κ3) is 8.39. The number of hydrogen-bond acceptors (Lipinski definition) is 6. The van der Waals surface area contributed by atoms with Crippen molar-refractivity contribution in [3.05, 3.63) is 0 Å². The molecule has 114 valence electrons. The predicted octanol–water partition coefficient (Wildman–Crippen LogP) is 1.59. The number of carbonyl (C=O) groups is 4. The second-order valence-electron chi connectivity index (χ2n) is 4.36. The van der Waals surface area contributed by atoms with Crippen LogP contribution < -0.4 is 0 Å². The highest BCUT2D eigenvalue weighted by molar-refractivity contribution is 5.88. The molecule has 0 radical (unpaired) electrons. The minimum absolute atomic E-state index is 0.0165. The summed E-state index contributed by atoms with van der Waals surface area (Å²) in [6, 6.07) is 0. The molecule has 0 heterocycles. The fraction of sp³-hybridized carbons (Fsp3) is 0.714. The predicted molar refractivity (Wildman–Crippen MR) is 71.0 cm³/mol. The molecule has 0 aromatic carbocycles. The number of rotatable bonds is 10.